The molecule has 1 saturated heterocycles. The molecule has 1 atom stereocenters. The van der Waals surface area contributed by atoms with Gasteiger partial charge in [0.25, 0.3) is 11.8 Å². The zero-order chi connectivity index (χ0) is 31.9. The van der Waals surface area contributed by atoms with Gasteiger partial charge in [0, 0.05) is 36.3 Å². The van der Waals surface area contributed by atoms with Crippen molar-refractivity contribution in [3.8, 4) is 11.3 Å². The summed E-state index contributed by atoms with van der Waals surface area (Å²) in [6.45, 7) is 0.780. The van der Waals surface area contributed by atoms with E-state index in [0.717, 1.165) is 58.7 Å². The maximum absolute atomic E-state index is 13.1. The summed E-state index contributed by atoms with van der Waals surface area (Å²) in [5.74, 6) is -0.760. The Labute approximate surface area is 271 Å². The third kappa shape index (κ3) is 4.82. The average molecular weight is 630 g/mol. The fourth-order valence-corrected chi connectivity index (χ4v) is 8.37. The number of imide groups is 2. The van der Waals surface area contributed by atoms with Crippen molar-refractivity contribution in [2.24, 2.45) is 11.3 Å². The SMILES string of the molecule is O=C1CCC(N2C(=O)c3ccc(NCCC4CC5(C4)CC(n4cc(-c6cnc7ccccc7n6)c(C6CC6)n4)C5)cc3C2=O)C(=O)N1. The molecule has 4 heterocycles. The molecule has 2 aromatic carbocycles. The summed E-state index contributed by atoms with van der Waals surface area (Å²) in [6, 6.07) is 12.6. The molecule has 5 aliphatic rings. The van der Waals surface area contributed by atoms with Crippen molar-refractivity contribution < 1.29 is 19.2 Å². The molecule has 11 heteroatoms. The first-order chi connectivity index (χ1) is 22.8. The second kappa shape index (κ2) is 10.5. The van der Waals surface area contributed by atoms with Gasteiger partial charge in [0.15, 0.2) is 0 Å². The van der Waals surface area contributed by atoms with E-state index in [0.29, 0.717) is 34.4 Å². The number of rotatable bonds is 8. The normalized spacial score (nSPS) is 26.7. The first kappa shape index (κ1) is 28.3. The molecule has 4 aromatic rings. The molecular formula is C36H35N7O4. The molecule has 4 fully saturated rings. The summed E-state index contributed by atoms with van der Waals surface area (Å²) in [6.07, 6.45) is 12.5. The van der Waals surface area contributed by atoms with Gasteiger partial charge in [0.2, 0.25) is 11.8 Å². The molecule has 238 valence electrons. The zero-order valence-corrected chi connectivity index (χ0v) is 25.9. The molecule has 9 rings (SSSR count). The molecule has 2 aliphatic heterocycles. The number of piperidine rings is 1. The van der Waals surface area contributed by atoms with Crippen LogP contribution in [0.4, 0.5) is 5.69 Å². The highest BCUT2D eigenvalue weighted by Gasteiger charge is 2.53. The summed E-state index contributed by atoms with van der Waals surface area (Å²) in [4.78, 5) is 60.6. The number of anilines is 1. The number of nitrogens with zero attached hydrogens (tertiary/aromatic N) is 5. The predicted octanol–water partition coefficient (Wildman–Crippen LogP) is 5.01. The topological polar surface area (TPSA) is 139 Å². The number of hydrogen-bond donors (Lipinski definition) is 2. The van der Waals surface area contributed by atoms with Gasteiger partial charge in [-0.25, -0.2) is 4.98 Å². The fourth-order valence-electron chi connectivity index (χ4n) is 8.37. The monoisotopic (exact) mass is 629 g/mol. The second-order valence-corrected chi connectivity index (χ2v) is 14.2. The van der Waals surface area contributed by atoms with Crippen LogP contribution in [0, 0.1) is 11.3 Å². The van der Waals surface area contributed by atoms with E-state index in [-0.39, 0.29) is 18.7 Å². The Kier molecular flexibility index (Phi) is 6.35. The van der Waals surface area contributed by atoms with Crippen molar-refractivity contribution >= 4 is 40.3 Å². The number of aromatic nitrogens is 4. The van der Waals surface area contributed by atoms with E-state index < -0.39 is 23.8 Å². The Morgan fingerprint density at radius 2 is 1.68 bits per heavy atom. The van der Waals surface area contributed by atoms with E-state index in [1.807, 2.05) is 36.5 Å². The molecule has 1 spiro atoms. The standard InChI is InChI=1S/C36H35N7O4/c44-31-10-9-30(33(45)40-31)43-34(46)24-8-7-22(13-25(24)35(43)47)37-12-11-20-14-36(15-20)16-23(17-36)42-19-26(32(41-42)21-5-6-21)29-18-38-27-3-1-2-4-28(27)39-29/h1-4,7-8,13,18-21,23,30,37H,5-6,9-12,14-17H2,(H,40,44,45). The fraction of sp³-hybridized carbons (Fsp3) is 0.417. The molecule has 2 aromatic heterocycles. The van der Waals surface area contributed by atoms with Crippen LogP contribution >= 0.6 is 0 Å². The van der Waals surface area contributed by atoms with Gasteiger partial charge >= 0.3 is 0 Å². The van der Waals surface area contributed by atoms with Gasteiger partial charge in [-0.15, -0.1) is 0 Å². The minimum Gasteiger partial charge on any atom is -0.385 e. The van der Waals surface area contributed by atoms with E-state index in [4.69, 9.17) is 10.1 Å². The Morgan fingerprint density at radius 1 is 0.894 bits per heavy atom. The van der Waals surface area contributed by atoms with Crippen LogP contribution in [0.5, 0.6) is 0 Å². The Hall–Kier alpha value is -4.93. The highest BCUT2D eigenvalue weighted by atomic mass is 16.2. The molecule has 11 nitrogen and oxygen atoms in total. The first-order valence-electron chi connectivity index (χ1n) is 16.7. The molecule has 0 radical (unpaired) electrons. The van der Waals surface area contributed by atoms with Crippen LogP contribution in [0.1, 0.15) is 96.2 Å². The van der Waals surface area contributed by atoms with E-state index in [2.05, 4.69) is 26.5 Å². The van der Waals surface area contributed by atoms with Crippen LogP contribution in [-0.2, 0) is 9.59 Å². The van der Waals surface area contributed by atoms with Crippen LogP contribution in [0.2, 0.25) is 0 Å². The number of carbonyl (C=O) groups is 4. The molecular weight excluding hydrogens is 594 g/mol. The van der Waals surface area contributed by atoms with Crippen molar-refractivity contribution in [2.45, 2.75) is 75.8 Å². The van der Waals surface area contributed by atoms with Gasteiger partial charge in [-0.05, 0) is 93.0 Å². The van der Waals surface area contributed by atoms with Crippen LogP contribution < -0.4 is 10.6 Å². The summed E-state index contributed by atoms with van der Waals surface area (Å²) >= 11 is 0. The maximum atomic E-state index is 13.1. The van der Waals surface area contributed by atoms with Crippen molar-refractivity contribution in [3.05, 3.63) is 71.7 Å². The third-order valence-corrected chi connectivity index (χ3v) is 10.9. The van der Waals surface area contributed by atoms with Gasteiger partial charge < -0.3 is 5.32 Å². The van der Waals surface area contributed by atoms with Gasteiger partial charge in [-0.1, -0.05) is 12.1 Å². The number of benzene rings is 2. The van der Waals surface area contributed by atoms with E-state index in [1.165, 1.54) is 31.4 Å². The van der Waals surface area contributed by atoms with Crippen LogP contribution in [0.25, 0.3) is 22.3 Å². The van der Waals surface area contributed by atoms with E-state index in [9.17, 15) is 19.2 Å². The third-order valence-electron chi connectivity index (χ3n) is 10.9. The van der Waals surface area contributed by atoms with Crippen molar-refractivity contribution in [3.63, 3.8) is 0 Å². The number of para-hydroxylation sites is 2. The lowest BCUT2D eigenvalue weighted by molar-refractivity contribution is -0.136. The maximum Gasteiger partial charge on any atom is 0.262 e. The van der Waals surface area contributed by atoms with E-state index in [1.54, 1.807) is 12.1 Å². The molecule has 3 aliphatic carbocycles. The zero-order valence-electron chi connectivity index (χ0n) is 25.9. The number of fused-ring (bicyclic) bond motifs is 2. The van der Waals surface area contributed by atoms with E-state index >= 15 is 0 Å². The Morgan fingerprint density at radius 3 is 2.47 bits per heavy atom. The molecule has 0 bridgehead atoms. The lowest BCUT2D eigenvalue weighted by Crippen LogP contribution is -2.54. The number of amides is 4. The summed E-state index contributed by atoms with van der Waals surface area (Å²) in [5, 5.41) is 10.8. The largest absolute Gasteiger partial charge is 0.385 e. The smallest absolute Gasteiger partial charge is 0.262 e. The average Bonchev–Trinajstić information content (AvgIpc) is 3.74. The quantitative estimate of drug-likeness (QED) is 0.260. The Bertz CT molecular complexity index is 1980. The van der Waals surface area contributed by atoms with Gasteiger partial charge in [-0.2, -0.15) is 5.10 Å². The van der Waals surface area contributed by atoms with Crippen LogP contribution in [-0.4, -0.2) is 60.9 Å². The van der Waals surface area contributed by atoms with Gasteiger partial charge in [0.1, 0.15) is 6.04 Å². The Balaban J connectivity index is 0.790. The number of carbonyl (C=O) groups excluding carboxylic acids is 4. The second-order valence-electron chi connectivity index (χ2n) is 14.2. The van der Waals surface area contributed by atoms with Gasteiger partial charge in [0.05, 0.1) is 45.8 Å². The van der Waals surface area contributed by atoms with Gasteiger partial charge in [-0.3, -0.25) is 39.1 Å². The minimum atomic E-state index is -0.955. The highest BCUT2D eigenvalue weighted by Crippen LogP contribution is 2.63. The van der Waals surface area contributed by atoms with Crippen molar-refractivity contribution in [1.29, 1.82) is 0 Å². The summed E-state index contributed by atoms with van der Waals surface area (Å²) in [7, 11) is 0. The molecule has 2 N–H and O–H groups in total. The highest BCUT2D eigenvalue weighted by molar-refractivity contribution is 6.23. The van der Waals surface area contributed by atoms with Crippen molar-refractivity contribution in [1.82, 2.24) is 30.0 Å². The van der Waals surface area contributed by atoms with Crippen LogP contribution in [0.15, 0.2) is 54.9 Å². The summed E-state index contributed by atoms with van der Waals surface area (Å²) in [5.41, 5.74) is 6.83. The molecule has 47 heavy (non-hydrogen) atoms. The number of nitrogens with one attached hydrogen (secondary N) is 2. The molecule has 3 saturated carbocycles. The van der Waals surface area contributed by atoms with Crippen molar-refractivity contribution in [2.75, 3.05) is 11.9 Å². The minimum absolute atomic E-state index is 0.104. The first-order valence-corrected chi connectivity index (χ1v) is 16.7. The van der Waals surface area contributed by atoms with Crippen LogP contribution in [0.3, 0.4) is 0 Å². The lowest BCUT2D eigenvalue weighted by atomic mass is 9.49. The molecule has 1 unspecified atom stereocenters. The number of hydrogen-bond acceptors (Lipinski definition) is 8. The predicted molar refractivity (Wildman–Crippen MR) is 172 cm³/mol. The molecule has 4 amide bonds. The summed E-state index contributed by atoms with van der Waals surface area (Å²) < 4.78 is 2.21. The lowest BCUT2D eigenvalue weighted by Gasteiger charge is -2.58.